The minimum Gasteiger partial charge on any atom is -0.487 e. The van der Waals surface area contributed by atoms with E-state index in [2.05, 4.69) is 15.3 Å². The Labute approximate surface area is 172 Å². The topological polar surface area (TPSA) is 77.2 Å². The van der Waals surface area contributed by atoms with Crippen LogP contribution in [0, 0.1) is 13.8 Å². The summed E-state index contributed by atoms with van der Waals surface area (Å²) < 4.78 is 11.3. The van der Waals surface area contributed by atoms with Crippen molar-refractivity contribution in [1.29, 1.82) is 0 Å². The lowest BCUT2D eigenvalue weighted by molar-refractivity contribution is 0.102. The molecule has 0 aliphatic carbocycles. The summed E-state index contributed by atoms with van der Waals surface area (Å²) >= 11 is 1.58. The number of rotatable bonds is 6. The summed E-state index contributed by atoms with van der Waals surface area (Å²) in [6.07, 6.45) is 1.67. The van der Waals surface area contributed by atoms with Crippen molar-refractivity contribution in [3.63, 3.8) is 0 Å². The Balaban J connectivity index is 1.44. The summed E-state index contributed by atoms with van der Waals surface area (Å²) in [5, 5.41) is 5.87. The van der Waals surface area contributed by atoms with Crippen LogP contribution in [0.1, 0.15) is 26.8 Å². The molecule has 146 valence electrons. The number of carbonyl (C=O) groups excluding carboxylic acids is 1. The van der Waals surface area contributed by atoms with Crippen LogP contribution in [-0.4, -0.2) is 15.9 Å². The van der Waals surface area contributed by atoms with E-state index in [-0.39, 0.29) is 5.91 Å². The third-order valence-electron chi connectivity index (χ3n) is 4.14. The summed E-state index contributed by atoms with van der Waals surface area (Å²) in [7, 11) is 0. The lowest BCUT2D eigenvalue weighted by Crippen LogP contribution is -2.12. The number of aryl methyl sites for hydroxylation is 2. The highest BCUT2D eigenvalue weighted by Crippen LogP contribution is 2.23. The largest absolute Gasteiger partial charge is 0.487 e. The predicted molar refractivity (Wildman–Crippen MR) is 112 cm³/mol. The van der Waals surface area contributed by atoms with Gasteiger partial charge in [-0.1, -0.05) is 12.1 Å². The monoisotopic (exact) mass is 405 g/mol. The summed E-state index contributed by atoms with van der Waals surface area (Å²) in [5.41, 5.74) is 2.84. The smallest absolute Gasteiger partial charge is 0.255 e. The van der Waals surface area contributed by atoms with E-state index in [0.29, 0.717) is 29.5 Å². The molecular weight excluding hydrogens is 386 g/mol. The zero-order valence-corrected chi connectivity index (χ0v) is 16.8. The van der Waals surface area contributed by atoms with Gasteiger partial charge in [-0.05, 0) is 50.2 Å². The van der Waals surface area contributed by atoms with Crippen molar-refractivity contribution in [3.8, 4) is 17.2 Å². The molecule has 0 atom stereocenters. The molecule has 7 heteroatoms. The number of carbonyl (C=O) groups is 1. The number of oxazole rings is 1. The molecule has 0 unspecified atom stereocenters. The SMILES string of the molecule is Cc1cnc(-c2cccc(NC(=O)c3cccc(OCc4csc(C)n4)c3)c2)o1. The molecule has 2 aromatic carbocycles. The van der Waals surface area contributed by atoms with Crippen molar-refractivity contribution < 1.29 is 13.9 Å². The predicted octanol–water partition coefficient (Wildman–Crippen LogP) is 5.25. The van der Waals surface area contributed by atoms with Crippen LogP contribution in [0.3, 0.4) is 0 Å². The highest BCUT2D eigenvalue weighted by atomic mass is 32.1. The number of nitrogens with zero attached hydrogens (tertiary/aromatic N) is 2. The molecule has 2 aromatic heterocycles. The van der Waals surface area contributed by atoms with Gasteiger partial charge in [0.1, 0.15) is 18.1 Å². The number of thiazole rings is 1. The highest BCUT2D eigenvalue weighted by molar-refractivity contribution is 7.09. The van der Waals surface area contributed by atoms with Crippen LogP contribution in [0.5, 0.6) is 5.75 Å². The molecule has 0 saturated carbocycles. The second-order valence-electron chi connectivity index (χ2n) is 6.49. The summed E-state index contributed by atoms with van der Waals surface area (Å²) in [5.74, 6) is 1.65. The number of nitrogens with one attached hydrogen (secondary N) is 1. The van der Waals surface area contributed by atoms with Gasteiger partial charge in [0, 0.05) is 22.2 Å². The lowest BCUT2D eigenvalue weighted by Gasteiger charge is -2.09. The Morgan fingerprint density at radius 3 is 2.79 bits per heavy atom. The Morgan fingerprint density at radius 2 is 2.03 bits per heavy atom. The van der Waals surface area contributed by atoms with Crippen LogP contribution in [0.4, 0.5) is 5.69 Å². The fourth-order valence-corrected chi connectivity index (χ4v) is 3.38. The van der Waals surface area contributed by atoms with Gasteiger partial charge in [0.25, 0.3) is 5.91 Å². The Hall–Kier alpha value is -3.45. The first kappa shape index (κ1) is 18.9. The molecule has 4 aromatic rings. The summed E-state index contributed by atoms with van der Waals surface area (Å²) in [4.78, 5) is 21.3. The number of benzene rings is 2. The molecular formula is C22H19N3O3S. The maximum absolute atomic E-state index is 12.7. The zero-order valence-electron chi connectivity index (χ0n) is 16.0. The normalized spacial score (nSPS) is 10.7. The van der Waals surface area contributed by atoms with E-state index in [1.165, 1.54) is 0 Å². The fourth-order valence-electron chi connectivity index (χ4n) is 2.78. The highest BCUT2D eigenvalue weighted by Gasteiger charge is 2.10. The molecule has 4 rings (SSSR count). The molecule has 6 nitrogen and oxygen atoms in total. The lowest BCUT2D eigenvalue weighted by atomic mass is 10.1. The van der Waals surface area contributed by atoms with E-state index in [1.807, 2.05) is 49.6 Å². The van der Waals surface area contributed by atoms with E-state index < -0.39 is 0 Å². The number of aromatic nitrogens is 2. The van der Waals surface area contributed by atoms with Gasteiger partial charge in [0.15, 0.2) is 0 Å². The molecule has 0 saturated heterocycles. The quantitative estimate of drug-likeness (QED) is 0.474. The van der Waals surface area contributed by atoms with Gasteiger partial charge in [0.2, 0.25) is 5.89 Å². The van der Waals surface area contributed by atoms with Crippen molar-refractivity contribution in [2.75, 3.05) is 5.32 Å². The number of hydrogen-bond donors (Lipinski definition) is 1. The standard InChI is InChI=1S/C22H19N3O3S/c1-14-11-23-22(28-14)17-6-3-7-18(9-17)25-21(26)16-5-4-8-20(10-16)27-12-19-13-29-15(2)24-19/h3-11,13H,12H2,1-2H3,(H,25,26). The van der Waals surface area contributed by atoms with Crippen LogP contribution in [0.15, 0.2) is 64.5 Å². The molecule has 0 aliphatic heterocycles. The van der Waals surface area contributed by atoms with Crippen LogP contribution < -0.4 is 10.1 Å². The third kappa shape index (κ3) is 4.70. The Bertz CT molecular complexity index is 1150. The fraction of sp³-hybridized carbons (Fsp3) is 0.136. The van der Waals surface area contributed by atoms with E-state index in [9.17, 15) is 4.79 Å². The second kappa shape index (κ2) is 8.28. The first-order valence-electron chi connectivity index (χ1n) is 9.05. The van der Waals surface area contributed by atoms with E-state index in [4.69, 9.17) is 9.15 Å². The second-order valence-corrected chi connectivity index (χ2v) is 7.55. The van der Waals surface area contributed by atoms with E-state index in [1.54, 1.807) is 35.7 Å². The maximum atomic E-state index is 12.7. The van der Waals surface area contributed by atoms with Gasteiger partial charge in [-0.25, -0.2) is 9.97 Å². The maximum Gasteiger partial charge on any atom is 0.255 e. The average Bonchev–Trinajstić information content (AvgIpc) is 3.35. The molecule has 1 amide bonds. The van der Waals surface area contributed by atoms with Crippen LogP contribution >= 0.6 is 11.3 Å². The molecule has 0 aliphatic rings. The van der Waals surface area contributed by atoms with Crippen LogP contribution in [0.2, 0.25) is 0 Å². The van der Waals surface area contributed by atoms with Gasteiger partial charge in [-0.2, -0.15) is 0 Å². The molecule has 29 heavy (non-hydrogen) atoms. The van der Waals surface area contributed by atoms with Crippen molar-refractivity contribution in [1.82, 2.24) is 9.97 Å². The van der Waals surface area contributed by atoms with Crippen LogP contribution in [-0.2, 0) is 6.61 Å². The average molecular weight is 405 g/mol. The first-order chi connectivity index (χ1) is 14.1. The molecule has 0 fully saturated rings. The van der Waals surface area contributed by atoms with Gasteiger partial charge in [0.05, 0.1) is 16.9 Å². The Morgan fingerprint density at radius 1 is 1.17 bits per heavy atom. The molecule has 0 radical (unpaired) electrons. The van der Waals surface area contributed by atoms with Gasteiger partial charge in [-0.15, -0.1) is 11.3 Å². The molecule has 1 N–H and O–H groups in total. The van der Waals surface area contributed by atoms with Crippen molar-refractivity contribution >= 4 is 22.9 Å². The van der Waals surface area contributed by atoms with Crippen molar-refractivity contribution in [3.05, 3.63) is 82.1 Å². The number of hydrogen-bond acceptors (Lipinski definition) is 6. The minimum absolute atomic E-state index is 0.222. The summed E-state index contributed by atoms with van der Waals surface area (Å²) in [6.45, 7) is 4.16. The Kier molecular flexibility index (Phi) is 5.39. The number of ether oxygens (including phenoxy) is 1. The molecule has 2 heterocycles. The molecule has 0 bridgehead atoms. The van der Waals surface area contributed by atoms with Gasteiger partial charge < -0.3 is 14.5 Å². The van der Waals surface area contributed by atoms with Crippen molar-refractivity contribution in [2.24, 2.45) is 0 Å². The number of anilines is 1. The van der Waals surface area contributed by atoms with E-state index >= 15 is 0 Å². The molecule has 0 spiro atoms. The summed E-state index contributed by atoms with van der Waals surface area (Å²) in [6, 6.07) is 14.5. The van der Waals surface area contributed by atoms with Crippen molar-refractivity contribution in [2.45, 2.75) is 20.5 Å². The van der Waals surface area contributed by atoms with E-state index in [0.717, 1.165) is 22.0 Å². The number of amides is 1. The van der Waals surface area contributed by atoms with Crippen LogP contribution in [0.25, 0.3) is 11.5 Å². The minimum atomic E-state index is -0.222. The zero-order chi connectivity index (χ0) is 20.2. The third-order valence-corrected chi connectivity index (χ3v) is 4.96. The van der Waals surface area contributed by atoms with Gasteiger partial charge >= 0.3 is 0 Å². The first-order valence-corrected chi connectivity index (χ1v) is 9.93. The van der Waals surface area contributed by atoms with Gasteiger partial charge in [-0.3, -0.25) is 4.79 Å².